The molecular formula is C20H25BrN2O2. The lowest BCUT2D eigenvalue weighted by Gasteiger charge is -2.60. The predicted octanol–water partition coefficient (Wildman–Crippen LogP) is 4.71. The number of anilines is 2. The van der Waals surface area contributed by atoms with Gasteiger partial charge in [-0.1, -0.05) is 22.0 Å². The molecule has 4 nitrogen and oxygen atoms in total. The number of rotatable bonds is 4. The molecule has 0 radical (unpaired) electrons. The van der Waals surface area contributed by atoms with Crippen LogP contribution in [-0.4, -0.2) is 16.1 Å². The Morgan fingerprint density at radius 1 is 1.12 bits per heavy atom. The van der Waals surface area contributed by atoms with Crippen molar-refractivity contribution in [3.63, 3.8) is 0 Å². The summed E-state index contributed by atoms with van der Waals surface area (Å²) in [5, 5.41) is 5.79. The Bertz CT molecular complexity index is 703. The first-order valence-corrected chi connectivity index (χ1v) is 9.99. The number of carbonyl (C=O) groups excluding carboxylic acids is 2. The van der Waals surface area contributed by atoms with Gasteiger partial charge >= 0.3 is 0 Å². The van der Waals surface area contributed by atoms with E-state index in [1.165, 1.54) is 39.0 Å². The number of benzene rings is 1. The van der Waals surface area contributed by atoms with E-state index in [0.29, 0.717) is 12.1 Å². The van der Waals surface area contributed by atoms with Crippen LogP contribution in [0.3, 0.4) is 0 Å². The maximum absolute atomic E-state index is 12.7. The van der Waals surface area contributed by atoms with Gasteiger partial charge in [0.05, 0.1) is 0 Å². The maximum Gasteiger partial charge on any atom is 0.224 e. The van der Waals surface area contributed by atoms with Crippen molar-refractivity contribution >= 4 is 39.1 Å². The Morgan fingerprint density at radius 3 is 2.36 bits per heavy atom. The van der Waals surface area contributed by atoms with Gasteiger partial charge in [0, 0.05) is 29.0 Å². The molecule has 4 bridgehead atoms. The van der Waals surface area contributed by atoms with Crippen LogP contribution in [0.25, 0.3) is 0 Å². The molecule has 1 aromatic rings. The molecule has 25 heavy (non-hydrogen) atoms. The van der Waals surface area contributed by atoms with Gasteiger partial charge in [-0.15, -0.1) is 0 Å². The molecule has 1 aromatic carbocycles. The fraction of sp³-hybridized carbons (Fsp3) is 0.600. The summed E-state index contributed by atoms with van der Waals surface area (Å²) in [6, 6.07) is 7.35. The average molecular weight is 405 g/mol. The third-order valence-corrected chi connectivity index (χ3v) is 7.04. The molecule has 0 aliphatic heterocycles. The molecule has 0 heterocycles. The van der Waals surface area contributed by atoms with E-state index in [0.717, 1.165) is 23.9 Å². The first-order chi connectivity index (χ1) is 11.8. The second-order valence-electron chi connectivity index (χ2n) is 8.60. The number of hydrogen-bond donors (Lipinski definition) is 2. The number of amides is 2. The fourth-order valence-electron chi connectivity index (χ4n) is 5.97. The van der Waals surface area contributed by atoms with Crippen LogP contribution in [0, 0.1) is 17.3 Å². The zero-order valence-electron chi connectivity index (χ0n) is 14.6. The van der Waals surface area contributed by atoms with Gasteiger partial charge in [0.15, 0.2) is 0 Å². The van der Waals surface area contributed by atoms with Crippen molar-refractivity contribution in [2.75, 3.05) is 10.6 Å². The van der Waals surface area contributed by atoms with Gasteiger partial charge < -0.3 is 10.6 Å². The summed E-state index contributed by atoms with van der Waals surface area (Å²) in [6.45, 7) is 1.48. The molecule has 2 unspecified atom stereocenters. The van der Waals surface area contributed by atoms with Crippen LogP contribution in [0.2, 0.25) is 0 Å². The van der Waals surface area contributed by atoms with Crippen LogP contribution in [0.5, 0.6) is 0 Å². The number of carbonyl (C=O) groups is 2. The van der Waals surface area contributed by atoms with Crippen LogP contribution in [0.1, 0.15) is 51.9 Å². The van der Waals surface area contributed by atoms with E-state index in [1.807, 2.05) is 24.3 Å². The molecule has 5 rings (SSSR count). The largest absolute Gasteiger partial charge is 0.326 e. The van der Waals surface area contributed by atoms with Crippen molar-refractivity contribution in [3.05, 3.63) is 24.3 Å². The van der Waals surface area contributed by atoms with Crippen molar-refractivity contribution in [1.29, 1.82) is 0 Å². The molecular weight excluding hydrogens is 380 g/mol. The normalized spacial score (nSPS) is 35.4. The first-order valence-electron chi connectivity index (χ1n) is 9.20. The van der Waals surface area contributed by atoms with Gasteiger partial charge in [0.2, 0.25) is 11.8 Å². The minimum Gasteiger partial charge on any atom is -0.326 e. The Morgan fingerprint density at radius 2 is 1.76 bits per heavy atom. The lowest BCUT2D eigenvalue weighted by Crippen LogP contribution is -2.53. The molecule has 5 heteroatoms. The summed E-state index contributed by atoms with van der Waals surface area (Å²) in [5.74, 6) is 1.56. The highest BCUT2D eigenvalue weighted by atomic mass is 79.9. The van der Waals surface area contributed by atoms with Crippen molar-refractivity contribution in [3.8, 4) is 0 Å². The minimum atomic E-state index is -0.111. The monoisotopic (exact) mass is 404 g/mol. The van der Waals surface area contributed by atoms with E-state index in [2.05, 4.69) is 26.6 Å². The standard InChI is InChI=1S/C20H25BrN2O2/c1-13(24)22-16-3-2-4-17(6-16)23-18(25)11-19-7-14-5-15(8-19)10-20(21,9-14)12-19/h2-4,6,14-15H,5,7-12H2,1H3,(H,22,24)(H,23,25)/t14-,15+,19?,20?. The van der Waals surface area contributed by atoms with Gasteiger partial charge in [0.25, 0.3) is 0 Å². The van der Waals surface area contributed by atoms with E-state index >= 15 is 0 Å². The molecule has 4 fully saturated rings. The quantitative estimate of drug-likeness (QED) is 0.713. The van der Waals surface area contributed by atoms with E-state index in [1.54, 1.807) is 0 Å². The van der Waals surface area contributed by atoms with E-state index in [9.17, 15) is 9.59 Å². The Labute approximate surface area is 157 Å². The zero-order chi connectivity index (χ0) is 17.7. The van der Waals surface area contributed by atoms with Crippen LogP contribution in [0.4, 0.5) is 11.4 Å². The highest BCUT2D eigenvalue weighted by Crippen LogP contribution is 2.65. The number of halogens is 1. The van der Waals surface area contributed by atoms with Crippen LogP contribution in [-0.2, 0) is 9.59 Å². The molecule has 0 saturated heterocycles. The molecule has 2 N–H and O–H groups in total. The van der Waals surface area contributed by atoms with Crippen molar-refractivity contribution in [2.45, 2.75) is 56.2 Å². The highest BCUT2D eigenvalue weighted by molar-refractivity contribution is 9.10. The molecule has 4 aliphatic carbocycles. The summed E-state index contributed by atoms with van der Waals surface area (Å²) in [5.41, 5.74) is 1.63. The van der Waals surface area contributed by atoms with Crippen LogP contribution >= 0.6 is 15.9 Å². The minimum absolute atomic E-state index is 0.0954. The Kier molecular flexibility index (Phi) is 4.18. The maximum atomic E-state index is 12.7. The summed E-state index contributed by atoms with van der Waals surface area (Å²) < 4.78 is 0.280. The lowest BCUT2D eigenvalue weighted by molar-refractivity contribution is -0.123. The van der Waals surface area contributed by atoms with E-state index < -0.39 is 0 Å². The molecule has 4 saturated carbocycles. The number of nitrogens with one attached hydrogen (secondary N) is 2. The SMILES string of the molecule is CC(=O)Nc1cccc(NC(=O)CC23C[C@@H]4C[C@@H](CC(Br)(C4)C2)C3)c1. The number of alkyl halides is 1. The summed E-state index contributed by atoms with van der Waals surface area (Å²) >= 11 is 4.01. The van der Waals surface area contributed by atoms with Crippen LogP contribution < -0.4 is 10.6 Å². The molecule has 0 spiro atoms. The van der Waals surface area contributed by atoms with Crippen molar-refractivity contribution in [2.24, 2.45) is 17.3 Å². The van der Waals surface area contributed by atoms with Gasteiger partial charge in [-0.25, -0.2) is 0 Å². The van der Waals surface area contributed by atoms with Crippen molar-refractivity contribution < 1.29 is 9.59 Å². The van der Waals surface area contributed by atoms with Gasteiger partial charge in [-0.05, 0) is 74.0 Å². The van der Waals surface area contributed by atoms with Gasteiger partial charge in [0.1, 0.15) is 0 Å². The second kappa shape index (κ2) is 6.11. The average Bonchev–Trinajstić information content (AvgIpc) is 2.42. The van der Waals surface area contributed by atoms with Gasteiger partial charge in [-0.2, -0.15) is 0 Å². The zero-order valence-corrected chi connectivity index (χ0v) is 16.2. The first kappa shape index (κ1) is 17.1. The summed E-state index contributed by atoms with van der Waals surface area (Å²) in [6.07, 6.45) is 8.07. The Balaban J connectivity index is 1.43. The lowest BCUT2D eigenvalue weighted by atomic mass is 9.48. The molecule has 4 aliphatic rings. The topological polar surface area (TPSA) is 58.2 Å². The second-order valence-corrected chi connectivity index (χ2v) is 10.3. The van der Waals surface area contributed by atoms with E-state index in [4.69, 9.17) is 0 Å². The molecule has 2 amide bonds. The fourth-order valence-corrected chi connectivity index (χ4v) is 7.48. The summed E-state index contributed by atoms with van der Waals surface area (Å²) in [7, 11) is 0. The molecule has 134 valence electrons. The molecule has 4 atom stereocenters. The smallest absolute Gasteiger partial charge is 0.224 e. The third-order valence-electron chi connectivity index (χ3n) is 6.11. The van der Waals surface area contributed by atoms with Gasteiger partial charge in [-0.3, -0.25) is 9.59 Å². The number of hydrogen-bond acceptors (Lipinski definition) is 2. The Hall–Kier alpha value is -1.36. The predicted molar refractivity (Wildman–Crippen MR) is 103 cm³/mol. The molecule has 0 aromatic heterocycles. The van der Waals surface area contributed by atoms with Crippen molar-refractivity contribution in [1.82, 2.24) is 0 Å². The van der Waals surface area contributed by atoms with E-state index in [-0.39, 0.29) is 21.6 Å². The third kappa shape index (κ3) is 3.62. The highest BCUT2D eigenvalue weighted by Gasteiger charge is 2.57. The summed E-state index contributed by atoms with van der Waals surface area (Å²) in [4.78, 5) is 23.9. The van der Waals surface area contributed by atoms with Crippen LogP contribution in [0.15, 0.2) is 24.3 Å².